The Hall–Kier alpha value is -1.10. The largest absolute Gasteiger partial charge is 0.480 e. The zero-order valence-electron chi connectivity index (χ0n) is 5.19. The number of hydrogen-bond donors (Lipinski definition) is 3. The number of aliphatic hydroxyl groups excluding tert-OH is 1. The molecule has 3 N–H and O–H groups in total. The molecule has 56 valence electrons. The Morgan fingerprint density at radius 2 is 2.50 bits per heavy atom. The van der Waals surface area contributed by atoms with E-state index in [1.54, 1.807) is 0 Å². The van der Waals surface area contributed by atoms with E-state index in [9.17, 15) is 4.79 Å². The van der Waals surface area contributed by atoms with E-state index in [1.165, 1.54) is 6.34 Å². The highest BCUT2D eigenvalue weighted by atomic mass is 16.4. The first-order chi connectivity index (χ1) is 4.72. The lowest BCUT2D eigenvalue weighted by atomic mass is 10.1. The highest BCUT2D eigenvalue weighted by Crippen LogP contribution is 1.97. The number of aliphatic carboxylic acids is 1. The molecule has 0 aliphatic carbocycles. The number of carbonyl (C=O) groups is 1. The van der Waals surface area contributed by atoms with Gasteiger partial charge in [-0.05, 0) is 0 Å². The molecular formula is C5H8N2O3. The summed E-state index contributed by atoms with van der Waals surface area (Å²) in [6.07, 6.45) is 0.383. The van der Waals surface area contributed by atoms with E-state index in [2.05, 4.69) is 10.3 Å². The first-order valence-corrected chi connectivity index (χ1v) is 2.87. The lowest BCUT2D eigenvalue weighted by Crippen LogP contribution is -2.49. The van der Waals surface area contributed by atoms with Crippen LogP contribution in [-0.4, -0.2) is 41.2 Å². The highest BCUT2D eigenvalue weighted by molar-refractivity contribution is 5.78. The van der Waals surface area contributed by atoms with E-state index in [4.69, 9.17) is 10.2 Å². The summed E-state index contributed by atoms with van der Waals surface area (Å²) in [5.74, 6) is -1.06. The van der Waals surface area contributed by atoms with Crippen molar-refractivity contribution in [2.45, 2.75) is 12.1 Å². The second-order valence-corrected chi connectivity index (χ2v) is 2.04. The van der Waals surface area contributed by atoms with Gasteiger partial charge in [0.25, 0.3) is 0 Å². The quantitative estimate of drug-likeness (QED) is 0.415. The molecule has 0 fully saturated rings. The van der Waals surface area contributed by atoms with Gasteiger partial charge < -0.3 is 15.5 Å². The number of aliphatic imine (C=N–C) groups is 1. The smallest absolute Gasteiger partial charge is 0.328 e. The van der Waals surface area contributed by atoms with Gasteiger partial charge in [-0.25, -0.2) is 4.79 Å². The Labute approximate surface area is 57.4 Å². The zero-order chi connectivity index (χ0) is 7.56. The molecule has 2 atom stereocenters. The van der Waals surface area contributed by atoms with Gasteiger partial charge in [-0.2, -0.15) is 0 Å². The standard InChI is InChI=1S/C5H8N2O3/c8-3-1-6-2-7-4(3)5(9)10/h2-4,8H,1H2,(H,6,7)(H,9,10). The fraction of sp³-hybridized carbons (Fsp3) is 0.600. The molecule has 5 heteroatoms. The summed E-state index contributed by atoms with van der Waals surface area (Å²) in [6, 6.07) is -0.905. The highest BCUT2D eigenvalue weighted by Gasteiger charge is 2.26. The van der Waals surface area contributed by atoms with Gasteiger partial charge in [0.2, 0.25) is 0 Å². The van der Waals surface area contributed by atoms with Crippen molar-refractivity contribution in [1.29, 1.82) is 0 Å². The predicted octanol–water partition coefficient (Wildman–Crippen LogP) is -1.57. The second-order valence-electron chi connectivity index (χ2n) is 2.04. The minimum atomic E-state index is -1.06. The van der Waals surface area contributed by atoms with Crippen LogP contribution in [0.1, 0.15) is 0 Å². The summed E-state index contributed by atoms with van der Waals surface area (Å²) in [6.45, 7) is 0.157. The molecule has 1 rings (SSSR count). The molecule has 0 radical (unpaired) electrons. The van der Waals surface area contributed by atoms with Crippen LogP contribution in [0.2, 0.25) is 0 Å². The summed E-state index contributed by atoms with van der Waals surface area (Å²) < 4.78 is 0. The molecule has 1 aliphatic rings. The van der Waals surface area contributed by atoms with Gasteiger partial charge >= 0.3 is 5.97 Å². The number of aliphatic hydroxyl groups is 1. The molecule has 1 heterocycles. The molecule has 1 aliphatic heterocycles. The van der Waals surface area contributed by atoms with Gasteiger partial charge in [0.05, 0.1) is 12.9 Å². The van der Waals surface area contributed by atoms with Crippen LogP contribution in [0, 0.1) is 0 Å². The van der Waals surface area contributed by atoms with E-state index in [-0.39, 0.29) is 6.54 Å². The summed E-state index contributed by atoms with van der Waals surface area (Å²) >= 11 is 0. The maximum absolute atomic E-state index is 10.3. The molecule has 0 aromatic heterocycles. The van der Waals surface area contributed by atoms with E-state index in [0.29, 0.717) is 0 Å². The Balaban J connectivity index is 2.59. The third-order valence-corrected chi connectivity index (χ3v) is 1.29. The summed E-state index contributed by atoms with van der Waals surface area (Å²) in [5.41, 5.74) is 0. The average molecular weight is 144 g/mol. The van der Waals surface area contributed by atoms with Crippen LogP contribution < -0.4 is 5.32 Å². The molecule has 2 unspecified atom stereocenters. The number of nitrogens with one attached hydrogen (secondary N) is 1. The van der Waals surface area contributed by atoms with Gasteiger partial charge in [0, 0.05) is 0 Å². The Kier molecular flexibility index (Phi) is 1.86. The predicted molar refractivity (Wildman–Crippen MR) is 33.9 cm³/mol. The SMILES string of the molecule is O=C(O)C1NC=NCC1O. The monoisotopic (exact) mass is 144 g/mol. The van der Waals surface area contributed by atoms with Crippen molar-refractivity contribution in [3.05, 3.63) is 0 Å². The fourth-order valence-corrected chi connectivity index (χ4v) is 0.746. The molecule has 10 heavy (non-hydrogen) atoms. The number of hydrogen-bond acceptors (Lipinski definition) is 4. The molecule has 0 bridgehead atoms. The van der Waals surface area contributed by atoms with Crippen LogP contribution in [0.25, 0.3) is 0 Å². The summed E-state index contributed by atoms with van der Waals surface area (Å²) in [5, 5.41) is 19.8. The molecule has 0 amide bonds. The van der Waals surface area contributed by atoms with Crippen molar-refractivity contribution < 1.29 is 15.0 Å². The van der Waals surface area contributed by atoms with Crippen LogP contribution in [-0.2, 0) is 4.79 Å². The molecule has 0 aromatic carbocycles. The van der Waals surface area contributed by atoms with Gasteiger partial charge in [-0.3, -0.25) is 4.99 Å². The number of rotatable bonds is 1. The van der Waals surface area contributed by atoms with Gasteiger partial charge in [0.15, 0.2) is 6.04 Å². The molecule has 5 nitrogen and oxygen atoms in total. The topological polar surface area (TPSA) is 81.9 Å². The van der Waals surface area contributed by atoms with Crippen LogP contribution in [0.5, 0.6) is 0 Å². The molecule has 0 spiro atoms. The van der Waals surface area contributed by atoms with E-state index >= 15 is 0 Å². The van der Waals surface area contributed by atoms with Crippen molar-refractivity contribution in [1.82, 2.24) is 5.32 Å². The summed E-state index contributed by atoms with van der Waals surface area (Å²) in [4.78, 5) is 13.9. The molecular weight excluding hydrogens is 136 g/mol. The normalized spacial score (nSPS) is 31.3. The van der Waals surface area contributed by atoms with Crippen LogP contribution >= 0.6 is 0 Å². The van der Waals surface area contributed by atoms with Crippen molar-refractivity contribution >= 4 is 12.3 Å². The van der Waals surface area contributed by atoms with Crippen molar-refractivity contribution in [3.8, 4) is 0 Å². The number of nitrogens with zero attached hydrogens (tertiary/aromatic N) is 1. The minimum absolute atomic E-state index is 0.157. The minimum Gasteiger partial charge on any atom is -0.480 e. The van der Waals surface area contributed by atoms with Crippen molar-refractivity contribution in [3.63, 3.8) is 0 Å². The second kappa shape index (κ2) is 2.66. The van der Waals surface area contributed by atoms with Crippen molar-refractivity contribution in [2.24, 2.45) is 4.99 Å². The lowest BCUT2D eigenvalue weighted by Gasteiger charge is -2.20. The molecule has 0 saturated heterocycles. The van der Waals surface area contributed by atoms with E-state index < -0.39 is 18.1 Å². The van der Waals surface area contributed by atoms with Gasteiger partial charge in [-0.1, -0.05) is 0 Å². The van der Waals surface area contributed by atoms with E-state index in [0.717, 1.165) is 0 Å². The Morgan fingerprint density at radius 3 is 2.90 bits per heavy atom. The fourth-order valence-electron chi connectivity index (χ4n) is 0.746. The lowest BCUT2D eigenvalue weighted by molar-refractivity contribution is -0.141. The molecule has 0 saturated carbocycles. The maximum atomic E-state index is 10.3. The summed E-state index contributed by atoms with van der Waals surface area (Å²) in [7, 11) is 0. The van der Waals surface area contributed by atoms with Gasteiger partial charge in [-0.15, -0.1) is 0 Å². The maximum Gasteiger partial charge on any atom is 0.328 e. The zero-order valence-corrected chi connectivity index (χ0v) is 5.19. The van der Waals surface area contributed by atoms with E-state index in [1.807, 2.05) is 0 Å². The van der Waals surface area contributed by atoms with Crippen LogP contribution in [0.4, 0.5) is 0 Å². The third kappa shape index (κ3) is 1.24. The first kappa shape index (κ1) is 7.01. The Bertz CT molecular complexity index is 168. The van der Waals surface area contributed by atoms with Gasteiger partial charge in [0.1, 0.15) is 6.10 Å². The van der Waals surface area contributed by atoms with Crippen LogP contribution in [0.15, 0.2) is 4.99 Å². The molecule has 0 aromatic rings. The van der Waals surface area contributed by atoms with Crippen molar-refractivity contribution in [2.75, 3.05) is 6.54 Å². The number of carboxylic acids is 1. The average Bonchev–Trinajstić information content (AvgIpc) is 1.88. The van der Waals surface area contributed by atoms with Crippen LogP contribution in [0.3, 0.4) is 0 Å². The number of carboxylic acid groups (broad SMARTS) is 1. The Morgan fingerprint density at radius 1 is 1.80 bits per heavy atom. The first-order valence-electron chi connectivity index (χ1n) is 2.87. The third-order valence-electron chi connectivity index (χ3n) is 1.29.